The van der Waals surface area contributed by atoms with Crippen LogP contribution in [0.2, 0.25) is 0 Å². The van der Waals surface area contributed by atoms with E-state index in [2.05, 4.69) is 17.1 Å². The van der Waals surface area contributed by atoms with Crippen LogP contribution >= 0.6 is 0 Å². The van der Waals surface area contributed by atoms with Crippen molar-refractivity contribution in [2.45, 2.75) is 13.0 Å². The van der Waals surface area contributed by atoms with E-state index in [1.807, 2.05) is 48.5 Å². The van der Waals surface area contributed by atoms with E-state index in [9.17, 15) is 4.79 Å². The number of rotatable bonds is 4. The number of nitrogens with one attached hydrogen (secondary N) is 1. The number of nitrogens with zero attached hydrogens (tertiary/aromatic N) is 1. The lowest BCUT2D eigenvalue weighted by atomic mass is 10.1. The van der Waals surface area contributed by atoms with Crippen LogP contribution in [0.3, 0.4) is 0 Å². The molecule has 0 bridgehead atoms. The number of aromatic nitrogens is 2. The van der Waals surface area contributed by atoms with Crippen LogP contribution in [0.15, 0.2) is 71.7 Å². The predicted octanol–water partition coefficient (Wildman–Crippen LogP) is 2.82. The highest BCUT2D eigenvalue weighted by Crippen LogP contribution is 2.09. The maximum Gasteiger partial charge on any atom is 0.326 e. The van der Waals surface area contributed by atoms with Gasteiger partial charge in [0, 0.05) is 18.3 Å². The molecule has 2 aromatic carbocycles. The SMILES string of the molecule is O=c1[nH]cc(Cc2ccccc2)n1Cc1ccccc1. The van der Waals surface area contributed by atoms with Crippen molar-refractivity contribution >= 4 is 0 Å². The first-order valence-electron chi connectivity index (χ1n) is 6.68. The van der Waals surface area contributed by atoms with Gasteiger partial charge in [-0.15, -0.1) is 0 Å². The molecule has 0 aliphatic rings. The highest BCUT2D eigenvalue weighted by molar-refractivity contribution is 5.22. The summed E-state index contributed by atoms with van der Waals surface area (Å²) in [4.78, 5) is 14.7. The summed E-state index contributed by atoms with van der Waals surface area (Å²) in [5.74, 6) is 0. The van der Waals surface area contributed by atoms with Crippen LogP contribution in [0.1, 0.15) is 16.8 Å². The van der Waals surface area contributed by atoms with Gasteiger partial charge < -0.3 is 4.98 Å². The van der Waals surface area contributed by atoms with Crippen molar-refractivity contribution in [2.24, 2.45) is 0 Å². The Bertz CT molecular complexity index is 726. The Morgan fingerprint density at radius 1 is 0.850 bits per heavy atom. The molecular formula is C17H16N2O. The first-order chi connectivity index (χ1) is 9.83. The second kappa shape index (κ2) is 5.61. The summed E-state index contributed by atoms with van der Waals surface area (Å²) in [5.41, 5.74) is 3.28. The standard InChI is InChI=1S/C17H16N2O/c20-17-18-12-16(11-14-7-3-1-4-8-14)19(17)13-15-9-5-2-6-10-15/h1-10,12H,11,13H2,(H,18,20). The van der Waals surface area contributed by atoms with E-state index >= 15 is 0 Å². The number of imidazole rings is 1. The fourth-order valence-corrected chi connectivity index (χ4v) is 2.32. The van der Waals surface area contributed by atoms with Gasteiger partial charge >= 0.3 is 5.69 Å². The molecule has 3 heteroatoms. The molecule has 3 nitrogen and oxygen atoms in total. The molecule has 0 radical (unpaired) electrons. The van der Waals surface area contributed by atoms with Crippen LogP contribution in [0.4, 0.5) is 0 Å². The molecule has 20 heavy (non-hydrogen) atoms. The highest BCUT2D eigenvalue weighted by Gasteiger charge is 2.07. The molecule has 100 valence electrons. The molecule has 3 aromatic rings. The van der Waals surface area contributed by atoms with Crippen molar-refractivity contribution in [3.63, 3.8) is 0 Å². The van der Waals surface area contributed by atoms with E-state index in [1.54, 1.807) is 10.8 Å². The number of benzene rings is 2. The smallest absolute Gasteiger partial charge is 0.312 e. The molecule has 0 aliphatic carbocycles. The van der Waals surface area contributed by atoms with Gasteiger partial charge in [-0.1, -0.05) is 60.7 Å². The van der Waals surface area contributed by atoms with E-state index in [4.69, 9.17) is 0 Å². The van der Waals surface area contributed by atoms with Gasteiger partial charge in [0.25, 0.3) is 0 Å². The van der Waals surface area contributed by atoms with E-state index in [0.717, 1.165) is 17.7 Å². The Hall–Kier alpha value is -2.55. The van der Waals surface area contributed by atoms with Crippen molar-refractivity contribution < 1.29 is 0 Å². The Balaban J connectivity index is 1.88. The highest BCUT2D eigenvalue weighted by atomic mass is 16.1. The summed E-state index contributed by atoms with van der Waals surface area (Å²) >= 11 is 0. The minimum Gasteiger partial charge on any atom is -0.312 e. The summed E-state index contributed by atoms with van der Waals surface area (Å²) in [6, 6.07) is 20.2. The average Bonchev–Trinajstić information content (AvgIpc) is 2.83. The largest absolute Gasteiger partial charge is 0.326 e. The lowest BCUT2D eigenvalue weighted by Crippen LogP contribution is -2.19. The molecule has 1 N–H and O–H groups in total. The Labute approximate surface area is 117 Å². The van der Waals surface area contributed by atoms with Gasteiger partial charge in [0.1, 0.15) is 0 Å². The third-order valence-corrected chi connectivity index (χ3v) is 3.37. The molecular weight excluding hydrogens is 248 g/mol. The third-order valence-electron chi connectivity index (χ3n) is 3.37. The maximum atomic E-state index is 11.9. The fraction of sp³-hybridized carbons (Fsp3) is 0.118. The van der Waals surface area contributed by atoms with Crippen molar-refractivity contribution in [3.8, 4) is 0 Å². The number of hydrogen-bond acceptors (Lipinski definition) is 1. The zero-order valence-corrected chi connectivity index (χ0v) is 11.1. The number of hydrogen-bond donors (Lipinski definition) is 1. The maximum absolute atomic E-state index is 11.9. The molecule has 0 amide bonds. The lowest BCUT2D eigenvalue weighted by molar-refractivity contribution is 0.724. The van der Waals surface area contributed by atoms with Crippen molar-refractivity contribution in [1.82, 2.24) is 9.55 Å². The Kier molecular flexibility index (Phi) is 3.50. The summed E-state index contributed by atoms with van der Waals surface area (Å²) in [6.07, 6.45) is 2.56. The van der Waals surface area contributed by atoms with Crippen LogP contribution in [-0.4, -0.2) is 9.55 Å². The first-order valence-corrected chi connectivity index (χ1v) is 6.68. The van der Waals surface area contributed by atoms with E-state index < -0.39 is 0 Å². The molecule has 0 saturated heterocycles. The summed E-state index contributed by atoms with van der Waals surface area (Å²) in [7, 11) is 0. The molecule has 1 aromatic heterocycles. The zero-order valence-electron chi connectivity index (χ0n) is 11.1. The van der Waals surface area contributed by atoms with Gasteiger partial charge in [0.05, 0.1) is 6.54 Å². The molecule has 0 fully saturated rings. The quantitative estimate of drug-likeness (QED) is 0.773. The zero-order chi connectivity index (χ0) is 13.8. The van der Waals surface area contributed by atoms with Crippen molar-refractivity contribution in [3.05, 3.63) is 94.2 Å². The number of H-pyrrole nitrogens is 1. The van der Waals surface area contributed by atoms with Gasteiger partial charge in [0.2, 0.25) is 0 Å². The van der Waals surface area contributed by atoms with Crippen LogP contribution in [-0.2, 0) is 13.0 Å². The van der Waals surface area contributed by atoms with E-state index in [0.29, 0.717) is 6.54 Å². The second-order valence-electron chi connectivity index (χ2n) is 4.82. The van der Waals surface area contributed by atoms with Gasteiger partial charge in [-0.25, -0.2) is 4.79 Å². The summed E-state index contributed by atoms with van der Waals surface area (Å²) < 4.78 is 1.79. The second-order valence-corrected chi connectivity index (χ2v) is 4.82. The lowest BCUT2D eigenvalue weighted by Gasteiger charge is -2.07. The van der Waals surface area contributed by atoms with Crippen molar-refractivity contribution in [1.29, 1.82) is 0 Å². The minimum absolute atomic E-state index is 0.0558. The normalized spacial score (nSPS) is 10.6. The van der Waals surface area contributed by atoms with Gasteiger partial charge in [-0.2, -0.15) is 0 Å². The van der Waals surface area contributed by atoms with Crippen LogP contribution in [0.25, 0.3) is 0 Å². The molecule has 0 saturated carbocycles. The summed E-state index contributed by atoms with van der Waals surface area (Å²) in [5, 5.41) is 0. The Morgan fingerprint density at radius 3 is 2.10 bits per heavy atom. The molecule has 3 rings (SSSR count). The van der Waals surface area contributed by atoms with Gasteiger partial charge in [-0.05, 0) is 11.1 Å². The van der Waals surface area contributed by atoms with E-state index in [1.165, 1.54) is 5.56 Å². The molecule has 0 aliphatic heterocycles. The molecule has 1 heterocycles. The van der Waals surface area contributed by atoms with Crippen LogP contribution in [0.5, 0.6) is 0 Å². The molecule has 0 spiro atoms. The molecule has 0 atom stereocenters. The van der Waals surface area contributed by atoms with E-state index in [-0.39, 0.29) is 5.69 Å². The minimum atomic E-state index is -0.0558. The van der Waals surface area contributed by atoms with Crippen molar-refractivity contribution in [2.75, 3.05) is 0 Å². The summed E-state index contributed by atoms with van der Waals surface area (Å²) in [6.45, 7) is 0.603. The van der Waals surface area contributed by atoms with Gasteiger partial charge in [-0.3, -0.25) is 4.57 Å². The number of aromatic amines is 1. The molecule has 0 unspecified atom stereocenters. The third kappa shape index (κ3) is 2.72. The Morgan fingerprint density at radius 2 is 1.45 bits per heavy atom. The topological polar surface area (TPSA) is 37.8 Å². The monoisotopic (exact) mass is 264 g/mol. The predicted molar refractivity (Wildman–Crippen MR) is 79.8 cm³/mol. The van der Waals surface area contributed by atoms with Gasteiger partial charge in [0.15, 0.2) is 0 Å². The fourth-order valence-electron chi connectivity index (χ4n) is 2.32. The average molecular weight is 264 g/mol. The first kappa shape index (κ1) is 12.5. The van der Waals surface area contributed by atoms with Crippen LogP contribution < -0.4 is 5.69 Å². The van der Waals surface area contributed by atoms with Crippen LogP contribution in [0, 0.1) is 0 Å².